The third-order valence-electron chi connectivity index (χ3n) is 4.74. The molecule has 11 heteroatoms. The standard InChI is InChI=1S/C19H20N6O5/c1-9-11(7-20)10(2)23-13(9)5-14-17(22-4-3-21-14)12-8-25(24-18(12)28)15(19(29)30)6-16(26)27/h3-4,6,8,23H,5,7,20H2,1-2H3,(H,24,28)(H,26,27)(H,29,30). The Morgan fingerprint density at radius 2 is 1.93 bits per heavy atom. The highest BCUT2D eigenvalue weighted by atomic mass is 16.4. The Balaban J connectivity index is 2.07. The monoisotopic (exact) mass is 412 g/mol. The smallest absolute Gasteiger partial charge is 0.354 e. The highest BCUT2D eigenvalue weighted by Gasteiger charge is 2.20. The summed E-state index contributed by atoms with van der Waals surface area (Å²) in [5.74, 6) is -2.97. The summed E-state index contributed by atoms with van der Waals surface area (Å²) in [5.41, 5.74) is 9.19. The van der Waals surface area contributed by atoms with Gasteiger partial charge in [-0.15, -0.1) is 0 Å². The largest absolute Gasteiger partial charge is 0.478 e. The van der Waals surface area contributed by atoms with Crippen molar-refractivity contribution in [1.82, 2.24) is 24.7 Å². The molecule has 0 unspecified atom stereocenters. The Bertz CT molecular complexity index is 1220. The minimum absolute atomic E-state index is 0.0654. The number of nitrogens with two attached hydrogens (primary N) is 1. The van der Waals surface area contributed by atoms with Crippen LogP contribution >= 0.6 is 0 Å². The molecule has 3 aromatic rings. The van der Waals surface area contributed by atoms with Crippen LogP contribution in [-0.4, -0.2) is 46.9 Å². The molecule has 30 heavy (non-hydrogen) atoms. The van der Waals surface area contributed by atoms with Gasteiger partial charge < -0.3 is 20.9 Å². The number of hydrogen-bond acceptors (Lipinski definition) is 6. The second kappa shape index (κ2) is 8.17. The van der Waals surface area contributed by atoms with E-state index < -0.39 is 23.2 Å². The second-order valence-electron chi connectivity index (χ2n) is 6.59. The summed E-state index contributed by atoms with van der Waals surface area (Å²) in [7, 11) is 0. The molecule has 11 nitrogen and oxygen atoms in total. The fraction of sp³-hybridized carbons (Fsp3) is 0.211. The lowest BCUT2D eigenvalue weighted by Gasteiger charge is -2.06. The van der Waals surface area contributed by atoms with E-state index in [1.165, 1.54) is 18.6 Å². The molecule has 0 aliphatic carbocycles. The number of aliphatic carboxylic acids is 2. The topological polar surface area (TPSA) is 180 Å². The van der Waals surface area contributed by atoms with Gasteiger partial charge in [-0.3, -0.25) is 24.5 Å². The molecule has 156 valence electrons. The Morgan fingerprint density at radius 1 is 1.23 bits per heavy atom. The predicted octanol–water partition coefficient (Wildman–Crippen LogP) is 0.638. The first-order valence-electron chi connectivity index (χ1n) is 8.90. The first kappa shape index (κ1) is 20.7. The average molecular weight is 412 g/mol. The van der Waals surface area contributed by atoms with E-state index in [2.05, 4.69) is 20.1 Å². The Labute approximate surface area is 169 Å². The number of carbonyl (C=O) groups is 2. The van der Waals surface area contributed by atoms with Crippen LogP contribution in [0.15, 0.2) is 29.5 Å². The fourth-order valence-electron chi connectivity index (χ4n) is 3.27. The molecular formula is C19H20N6O5. The zero-order valence-corrected chi connectivity index (χ0v) is 16.3. The number of aryl methyl sites for hydroxylation is 1. The van der Waals surface area contributed by atoms with Gasteiger partial charge in [0.05, 0.1) is 23.0 Å². The van der Waals surface area contributed by atoms with Crippen molar-refractivity contribution in [3.63, 3.8) is 0 Å². The number of hydrogen-bond donors (Lipinski definition) is 5. The molecular weight excluding hydrogens is 392 g/mol. The van der Waals surface area contributed by atoms with E-state index in [-0.39, 0.29) is 11.3 Å². The third kappa shape index (κ3) is 3.91. The molecule has 0 saturated heterocycles. The Morgan fingerprint density at radius 3 is 2.53 bits per heavy atom. The first-order chi connectivity index (χ1) is 14.2. The van der Waals surface area contributed by atoms with Crippen LogP contribution in [-0.2, 0) is 22.6 Å². The number of nitrogens with one attached hydrogen (secondary N) is 2. The second-order valence-corrected chi connectivity index (χ2v) is 6.59. The molecule has 6 N–H and O–H groups in total. The quantitative estimate of drug-likeness (QED) is 0.350. The van der Waals surface area contributed by atoms with Crippen LogP contribution in [0, 0.1) is 13.8 Å². The highest BCUT2D eigenvalue weighted by molar-refractivity contribution is 6.13. The average Bonchev–Trinajstić information content (AvgIpc) is 3.19. The van der Waals surface area contributed by atoms with Gasteiger partial charge in [0, 0.05) is 42.9 Å². The van der Waals surface area contributed by atoms with Gasteiger partial charge in [-0.05, 0) is 25.0 Å². The van der Waals surface area contributed by atoms with Crippen molar-refractivity contribution in [3.8, 4) is 11.3 Å². The Hall–Kier alpha value is -3.99. The summed E-state index contributed by atoms with van der Waals surface area (Å²) in [5, 5.41) is 20.5. The molecule has 0 amide bonds. The number of aromatic nitrogens is 5. The number of carboxylic acids is 2. The van der Waals surface area contributed by atoms with Crippen LogP contribution in [0.1, 0.15) is 28.2 Å². The molecule has 3 aromatic heterocycles. The van der Waals surface area contributed by atoms with E-state index in [1.807, 2.05) is 13.8 Å². The van der Waals surface area contributed by atoms with Crippen molar-refractivity contribution in [2.24, 2.45) is 5.73 Å². The molecule has 0 spiro atoms. The summed E-state index contributed by atoms with van der Waals surface area (Å²) in [4.78, 5) is 46.6. The van der Waals surface area contributed by atoms with Crippen molar-refractivity contribution in [3.05, 3.63) is 63.2 Å². The minimum atomic E-state index is -1.51. The van der Waals surface area contributed by atoms with Crippen LogP contribution in [0.3, 0.4) is 0 Å². The lowest BCUT2D eigenvalue weighted by Crippen LogP contribution is -2.13. The summed E-state index contributed by atoms with van der Waals surface area (Å²) in [6, 6.07) is 0. The van der Waals surface area contributed by atoms with Gasteiger partial charge in [0.25, 0.3) is 5.56 Å². The van der Waals surface area contributed by atoms with E-state index in [4.69, 9.17) is 10.8 Å². The molecule has 0 aliphatic heterocycles. The normalized spacial score (nSPS) is 11.6. The van der Waals surface area contributed by atoms with Gasteiger partial charge in [-0.2, -0.15) is 0 Å². The third-order valence-corrected chi connectivity index (χ3v) is 4.74. The van der Waals surface area contributed by atoms with E-state index in [0.717, 1.165) is 27.2 Å². The molecule has 0 fully saturated rings. The van der Waals surface area contributed by atoms with Gasteiger partial charge in [-0.25, -0.2) is 9.59 Å². The molecule has 0 bridgehead atoms. The van der Waals surface area contributed by atoms with Gasteiger partial charge in [0.2, 0.25) is 0 Å². The summed E-state index contributed by atoms with van der Waals surface area (Å²) >= 11 is 0. The SMILES string of the molecule is Cc1[nH]c(Cc2nccnc2-c2cn(C(=CC(=O)O)C(=O)O)[nH]c2=O)c(C)c1CN. The van der Waals surface area contributed by atoms with Crippen LogP contribution in [0.5, 0.6) is 0 Å². The summed E-state index contributed by atoms with van der Waals surface area (Å²) in [6.45, 7) is 4.25. The summed E-state index contributed by atoms with van der Waals surface area (Å²) < 4.78 is 0.836. The molecule has 0 aliphatic rings. The van der Waals surface area contributed by atoms with Crippen molar-refractivity contribution in [1.29, 1.82) is 0 Å². The molecule has 3 rings (SSSR count). The molecule has 0 radical (unpaired) electrons. The van der Waals surface area contributed by atoms with Crippen molar-refractivity contribution in [2.45, 2.75) is 26.8 Å². The minimum Gasteiger partial charge on any atom is -0.478 e. The molecule has 0 atom stereocenters. The number of carboxylic acid groups (broad SMARTS) is 2. The number of H-pyrrole nitrogens is 2. The van der Waals surface area contributed by atoms with Crippen LogP contribution < -0.4 is 11.3 Å². The van der Waals surface area contributed by atoms with Gasteiger partial charge in [0.15, 0.2) is 5.70 Å². The maximum atomic E-state index is 12.5. The van der Waals surface area contributed by atoms with Crippen molar-refractivity contribution in [2.75, 3.05) is 0 Å². The van der Waals surface area contributed by atoms with Crippen molar-refractivity contribution < 1.29 is 19.8 Å². The van der Waals surface area contributed by atoms with Gasteiger partial charge >= 0.3 is 11.9 Å². The maximum absolute atomic E-state index is 12.5. The van der Waals surface area contributed by atoms with Gasteiger partial charge in [0.1, 0.15) is 0 Å². The summed E-state index contributed by atoms with van der Waals surface area (Å²) in [6.07, 6.45) is 4.93. The molecule has 0 aromatic carbocycles. The fourth-order valence-corrected chi connectivity index (χ4v) is 3.27. The van der Waals surface area contributed by atoms with E-state index in [1.54, 1.807) is 0 Å². The number of nitrogens with zero attached hydrogens (tertiary/aromatic N) is 3. The maximum Gasteiger partial charge on any atom is 0.354 e. The van der Waals surface area contributed by atoms with Crippen molar-refractivity contribution >= 4 is 17.6 Å². The Kier molecular flexibility index (Phi) is 5.65. The zero-order valence-electron chi connectivity index (χ0n) is 16.3. The van der Waals surface area contributed by atoms with E-state index in [9.17, 15) is 19.5 Å². The lowest BCUT2D eigenvalue weighted by molar-refractivity contribution is -0.133. The number of aromatic amines is 2. The van der Waals surface area contributed by atoms with Crippen LogP contribution in [0.4, 0.5) is 0 Å². The predicted molar refractivity (Wildman–Crippen MR) is 107 cm³/mol. The zero-order chi connectivity index (χ0) is 22.0. The van der Waals surface area contributed by atoms with Crippen LogP contribution in [0.2, 0.25) is 0 Å². The van der Waals surface area contributed by atoms with E-state index in [0.29, 0.717) is 24.7 Å². The highest BCUT2D eigenvalue weighted by Crippen LogP contribution is 2.23. The van der Waals surface area contributed by atoms with Gasteiger partial charge in [-0.1, -0.05) is 0 Å². The number of rotatable bonds is 7. The van der Waals surface area contributed by atoms with Crippen LogP contribution in [0.25, 0.3) is 17.0 Å². The lowest BCUT2D eigenvalue weighted by atomic mass is 10.1. The first-order valence-corrected chi connectivity index (χ1v) is 8.90. The molecule has 0 saturated carbocycles. The van der Waals surface area contributed by atoms with E-state index >= 15 is 0 Å². The molecule has 3 heterocycles.